The zero-order valence-corrected chi connectivity index (χ0v) is 22.5. The number of piperidine rings is 1. The van der Waals surface area contributed by atoms with Gasteiger partial charge in [0.2, 0.25) is 0 Å². The number of ether oxygens (including phenoxy) is 1. The van der Waals surface area contributed by atoms with Crippen molar-refractivity contribution in [1.82, 2.24) is 14.8 Å². The summed E-state index contributed by atoms with van der Waals surface area (Å²) in [6.45, 7) is 0.708. The van der Waals surface area contributed by atoms with Gasteiger partial charge in [-0.3, -0.25) is 4.79 Å². The molecule has 2 aliphatic rings. The van der Waals surface area contributed by atoms with Gasteiger partial charge in [0, 0.05) is 53.4 Å². The van der Waals surface area contributed by atoms with E-state index in [1.807, 2.05) is 18.2 Å². The number of fused-ring (bicyclic) bond motifs is 4. The molecule has 0 radical (unpaired) electrons. The van der Waals surface area contributed by atoms with Crippen LogP contribution in [0, 0.1) is 11.6 Å². The number of aromatic amines is 1. The number of hydrogen-bond donors (Lipinski definition) is 3. The van der Waals surface area contributed by atoms with Crippen LogP contribution in [0.25, 0.3) is 10.9 Å². The molecule has 0 bridgehead atoms. The van der Waals surface area contributed by atoms with Crippen LogP contribution in [0.3, 0.4) is 0 Å². The molecule has 2 aliphatic heterocycles. The Labute approximate surface area is 235 Å². The number of amides is 3. The predicted octanol–water partition coefficient (Wildman–Crippen LogP) is 5.21. The number of anilines is 1. The number of rotatable bonds is 4. The molecule has 3 N–H and O–H groups in total. The van der Waals surface area contributed by atoms with E-state index in [-0.39, 0.29) is 18.1 Å². The molecule has 1 aromatic heterocycles. The molecule has 3 amide bonds. The number of H-pyrrole nitrogens is 1. The number of aliphatic hydroxyl groups excluding tert-OH is 1. The van der Waals surface area contributed by atoms with E-state index in [4.69, 9.17) is 4.74 Å². The van der Waals surface area contributed by atoms with Gasteiger partial charge in [0.25, 0.3) is 5.91 Å². The monoisotopic (exact) mass is 560 g/mol. The highest BCUT2D eigenvalue weighted by atomic mass is 19.1. The van der Waals surface area contributed by atoms with Gasteiger partial charge in [-0.05, 0) is 66.9 Å². The summed E-state index contributed by atoms with van der Waals surface area (Å²) in [5.74, 6) is -0.667. The van der Waals surface area contributed by atoms with Crippen LogP contribution in [-0.4, -0.2) is 65.2 Å². The van der Waals surface area contributed by atoms with Gasteiger partial charge in [-0.25, -0.2) is 13.6 Å². The topological polar surface area (TPSA) is 97.9 Å². The first-order valence-electron chi connectivity index (χ1n) is 13.5. The number of benzene rings is 3. The smallest absolute Gasteiger partial charge is 0.322 e. The highest BCUT2D eigenvalue weighted by Gasteiger charge is 2.49. The molecule has 3 heterocycles. The van der Waals surface area contributed by atoms with E-state index >= 15 is 0 Å². The summed E-state index contributed by atoms with van der Waals surface area (Å²) in [5, 5.41) is 14.3. The zero-order valence-electron chi connectivity index (χ0n) is 22.5. The molecule has 10 heteroatoms. The van der Waals surface area contributed by atoms with E-state index < -0.39 is 29.1 Å². The van der Waals surface area contributed by atoms with Crippen LogP contribution in [-0.2, 0) is 5.41 Å². The average Bonchev–Trinajstić information content (AvgIpc) is 3.38. The lowest BCUT2D eigenvalue weighted by Crippen LogP contribution is -2.56. The average molecular weight is 561 g/mol. The van der Waals surface area contributed by atoms with Crippen LogP contribution in [0.1, 0.15) is 40.5 Å². The van der Waals surface area contributed by atoms with E-state index in [9.17, 15) is 23.5 Å². The molecule has 3 aromatic carbocycles. The van der Waals surface area contributed by atoms with E-state index in [2.05, 4.69) is 10.3 Å². The van der Waals surface area contributed by atoms with Crippen LogP contribution >= 0.6 is 0 Å². The number of nitrogens with zero attached hydrogens (tertiary/aromatic N) is 2. The number of urea groups is 1. The Morgan fingerprint density at radius 3 is 2.49 bits per heavy atom. The molecule has 1 fully saturated rings. The fourth-order valence-corrected chi connectivity index (χ4v) is 6.30. The molecule has 0 aliphatic carbocycles. The normalized spacial score (nSPS) is 17.9. The number of halogens is 2. The van der Waals surface area contributed by atoms with Crippen molar-refractivity contribution in [2.24, 2.45) is 0 Å². The molecule has 0 saturated carbocycles. The van der Waals surface area contributed by atoms with Gasteiger partial charge < -0.3 is 29.9 Å². The molecular weight excluding hydrogens is 530 g/mol. The lowest BCUT2D eigenvalue weighted by atomic mass is 9.68. The van der Waals surface area contributed by atoms with Crippen molar-refractivity contribution < 1.29 is 28.2 Å². The molecule has 41 heavy (non-hydrogen) atoms. The van der Waals surface area contributed by atoms with Gasteiger partial charge in [0.05, 0.1) is 25.3 Å². The van der Waals surface area contributed by atoms with Crippen LogP contribution in [0.2, 0.25) is 0 Å². The van der Waals surface area contributed by atoms with Crippen LogP contribution in [0.4, 0.5) is 19.3 Å². The first kappa shape index (κ1) is 26.8. The molecule has 1 saturated heterocycles. The summed E-state index contributed by atoms with van der Waals surface area (Å²) in [7, 11) is 1.59. The van der Waals surface area contributed by atoms with Gasteiger partial charge in [-0.1, -0.05) is 12.1 Å². The first-order chi connectivity index (χ1) is 19.8. The molecule has 8 nitrogen and oxygen atoms in total. The van der Waals surface area contributed by atoms with Crippen molar-refractivity contribution in [2.75, 3.05) is 38.7 Å². The van der Waals surface area contributed by atoms with Gasteiger partial charge in [0.1, 0.15) is 17.4 Å². The molecule has 6 rings (SSSR count). The Morgan fingerprint density at radius 2 is 1.80 bits per heavy atom. The minimum Gasteiger partial charge on any atom is -0.497 e. The minimum atomic E-state index is -0.660. The first-order valence-corrected chi connectivity index (χ1v) is 13.5. The van der Waals surface area contributed by atoms with Crippen LogP contribution < -0.4 is 10.1 Å². The fraction of sp³-hybridized carbons (Fsp3) is 0.290. The maximum atomic E-state index is 14.4. The Hall–Kier alpha value is -4.44. The minimum absolute atomic E-state index is 0.0348. The van der Waals surface area contributed by atoms with Crippen molar-refractivity contribution in [3.63, 3.8) is 0 Å². The maximum Gasteiger partial charge on any atom is 0.322 e. The van der Waals surface area contributed by atoms with Crippen LogP contribution in [0.5, 0.6) is 5.75 Å². The zero-order chi connectivity index (χ0) is 28.7. The summed E-state index contributed by atoms with van der Waals surface area (Å²) in [4.78, 5) is 33.5. The van der Waals surface area contributed by atoms with Gasteiger partial charge in [-0.15, -0.1) is 0 Å². The Morgan fingerprint density at radius 1 is 1.07 bits per heavy atom. The van der Waals surface area contributed by atoms with Crippen molar-refractivity contribution in [2.45, 2.75) is 24.3 Å². The Balaban J connectivity index is 1.37. The molecule has 4 aromatic rings. The highest BCUT2D eigenvalue weighted by molar-refractivity contribution is 5.95. The van der Waals surface area contributed by atoms with Gasteiger partial charge in [-0.2, -0.15) is 0 Å². The van der Waals surface area contributed by atoms with Crippen molar-refractivity contribution in [3.05, 3.63) is 95.2 Å². The lowest BCUT2D eigenvalue weighted by molar-refractivity contribution is 0.0540. The number of carbonyl (C=O) groups excluding carboxylic acids is 2. The third kappa shape index (κ3) is 4.67. The van der Waals surface area contributed by atoms with E-state index in [0.717, 1.165) is 22.2 Å². The number of likely N-dealkylation sites (tertiary alicyclic amines) is 1. The van der Waals surface area contributed by atoms with Crippen molar-refractivity contribution >= 4 is 28.5 Å². The van der Waals surface area contributed by atoms with Crippen LogP contribution in [0.15, 0.2) is 66.7 Å². The largest absolute Gasteiger partial charge is 0.497 e. The number of hydrogen-bond acceptors (Lipinski definition) is 4. The molecule has 1 atom stereocenters. The lowest BCUT2D eigenvalue weighted by Gasteiger charge is -2.50. The third-order valence-electron chi connectivity index (χ3n) is 8.39. The van der Waals surface area contributed by atoms with E-state index in [1.54, 1.807) is 29.0 Å². The number of aromatic nitrogens is 1. The van der Waals surface area contributed by atoms with E-state index in [1.165, 1.54) is 36.4 Å². The number of carbonyl (C=O) groups is 2. The second-order valence-corrected chi connectivity index (χ2v) is 10.6. The Kier molecular flexibility index (Phi) is 6.86. The van der Waals surface area contributed by atoms with Gasteiger partial charge in [0.15, 0.2) is 0 Å². The summed E-state index contributed by atoms with van der Waals surface area (Å²) < 4.78 is 33.3. The van der Waals surface area contributed by atoms with Crippen molar-refractivity contribution in [1.29, 1.82) is 0 Å². The standard InChI is InChI=1S/C31H30F2N4O4/c1-41-21-10-11-23-25(16-21)35-28-26(17-38)37(30(40)34-20-8-6-19(32)7-9-20)18-31(27(23)28)12-14-36(15-13-31)29(39)22-4-2-3-5-24(22)33/h2-11,16,26,35,38H,12-15,17-18H2,1H3,(H,34,40)/t26-/m0/s1. The quantitative estimate of drug-likeness (QED) is 0.319. The third-order valence-corrected chi connectivity index (χ3v) is 8.39. The number of nitrogens with one attached hydrogen (secondary N) is 2. The van der Waals surface area contributed by atoms with E-state index in [0.29, 0.717) is 43.9 Å². The van der Waals surface area contributed by atoms with Crippen molar-refractivity contribution in [3.8, 4) is 5.75 Å². The maximum absolute atomic E-state index is 14.4. The molecule has 0 unspecified atom stereocenters. The Bertz CT molecular complexity index is 1610. The summed E-state index contributed by atoms with van der Waals surface area (Å²) >= 11 is 0. The molecular formula is C31H30F2N4O4. The second kappa shape index (κ2) is 10.5. The fourth-order valence-electron chi connectivity index (χ4n) is 6.30. The second-order valence-electron chi connectivity index (χ2n) is 10.6. The molecule has 212 valence electrons. The SMILES string of the molecule is COc1ccc2c3c([nH]c2c1)[C@H](CO)N(C(=O)Nc1ccc(F)cc1)CC31CCN(C(=O)c2ccccc2F)CC1. The molecule has 1 spiro atoms. The number of methoxy groups -OCH3 is 1. The predicted molar refractivity (Wildman–Crippen MR) is 150 cm³/mol. The summed E-state index contributed by atoms with van der Waals surface area (Å²) in [6.07, 6.45) is 1.05. The number of aliphatic hydroxyl groups is 1. The summed E-state index contributed by atoms with van der Waals surface area (Å²) in [6, 6.07) is 16.1. The van der Waals surface area contributed by atoms with Gasteiger partial charge >= 0.3 is 6.03 Å². The summed E-state index contributed by atoms with van der Waals surface area (Å²) in [5.41, 5.74) is 2.48. The highest BCUT2D eigenvalue weighted by Crippen LogP contribution is 2.49.